The number of ether oxygens (including phenoxy) is 3. The molecule has 67 heavy (non-hydrogen) atoms. The zero-order valence-corrected chi connectivity index (χ0v) is 39.3. The summed E-state index contributed by atoms with van der Waals surface area (Å²) in [5.74, 6) is 1.40. The van der Waals surface area contributed by atoms with Crippen LogP contribution in [0.1, 0.15) is 74.4 Å². The van der Waals surface area contributed by atoms with Crippen molar-refractivity contribution >= 4 is 68.4 Å². The standard InChI is InChI=1S/C53H50N6O6S2/c1-32-19-41-35(16-17-39-23-36-11-5-7-13-44(36)58(39)50(41)60)25-46(32)64-29-33-20-34(22-38(21-33)57-52(62)56-31-53(2,3)67-66-49-15-9-10-18-54-49)30-65-48-27-43-42(26-47(48)63-4)51(61)59-40(28-55-43)24-37-12-6-8-14-45(37)59/h5-15,18-22,25-28,39-40H,16-17,23-24,29-31H2,1-4H3,(H2,56,57,62)/t39-,40+/m1/s1. The number of carbonyl (C=O) groups is 3. The highest BCUT2D eigenvalue weighted by Gasteiger charge is 2.38. The molecule has 0 saturated heterocycles. The fraction of sp³-hybridized carbons (Fsp3) is 0.264. The van der Waals surface area contributed by atoms with Gasteiger partial charge in [0, 0.05) is 64.9 Å². The van der Waals surface area contributed by atoms with E-state index < -0.39 is 0 Å². The monoisotopic (exact) mass is 930 g/mol. The van der Waals surface area contributed by atoms with E-state index in [2.05, 4.69) is 35.5 Å². The van der Waals surface area contributed by atoms with Crippen molar-refractivity contribution in [3.05, 3.63) is 160 Å². The summed E-state index contributed by atoms with van der Waals surface area (Å²) in [6.45, 7) is 6.81. The van der Waals surface area contributed by atoms with Crippen LogP contribution in [0.2, 0.25) is 0 Å². The highest BCUT2D eigenvalue weighted by Crippen LogP contribution is 2.43. The molecule has 340 valence electrons. The minimum Gasteiger partial charge on any atom is -0.493 e. The summed E-state index contributed by atoms with van der Waals surface area (Å²) >= 11 is 0. The number of carbonyl (C=O) groups excluding carboxylic acids is 3. The Bertz CT molecular complexity index is 2940. The van der Waals surface area contributed by atoms with Crippen molar-refractivity contribution in [3.8, 4) is 17.2 Å². The van der Waals surface area contributed by atoms with Crippen LogP contribution in [0.3, 0.4) is 0 Å². The lowest BCUT2D eigenvalue weighted by atomic mass is 9.98. The van der Waals surface area contributed by atoms with Gasteiger partial charge in [-0.05, 0) is 145 Å². The first-order valence-electron chi connectivity index (χ1n) is 22.4. The second-order valence-corrected chi connectivity index (χ2v) is 20.7. The summed E-state index contributed by atoms with van der Waals surface area (Å²) in [6.07, 6.45) is 6.77. The van der Waals surface area contributed by atoms with E-state index in [1.165, 1.54) is 5.56 Å². The zero-order valence-electron chi connectivity index (χ0n) is 37.7. The number of aliphatic imine (C=N–C) groups is 1. The summed E-state index contributed by atoms with van der Waals surface area (Å²) in [4.78, 5) is 54.6. The fourth-order valence-corrected chi connectivity index (χ4v) is 11.4. The Morgan fingerprint density at radius 1 is 0.776 bits per heavy atom. The molecule has 5 heterocycles. The highest BCUT2D eigenvalue weighted by atomic mass is 33.1. The predicted molar refractivity (Wildman–Crippen MR) is 266 cm³/mol. The minimum absolute atomic E-state index is 0.0309. The molecule has 6 aromatic rings. The number of hydrogen-bond acceptors (Lipinski definition) is 10. The van der Waals surface area contributed by atoms with Crippen molar-refractivity contribution in [3.63, 3.8) is 0 Å². The molecule has 0 radical (unpaired) electrons. The number of urea groups is 1. The van der Waals surface area contributed by atoms with E-state index >= 15 is 0 Å². The average molecular weight is 931 g/mol. The molecule has 10 rings (SSSR count). The summed E-state index contributed by atoms with van der Waals surface area (Å²) in [7, 11) is 4.75. The number of methoxy groups -OCH3 is 1. The van der Waals surface area contributed by atoms with Crippen LogP contribution < -0.4 is 34.6 Å². The van der Waals surface area contributed by atoms with Gasteiger partial charge < -0.3 is 29.7 Å². The van der Waals surface area contributed by atoms with Crippen LogP contribution in [0.4, 0.5) is 27.5 Å². The molecule has 0 saturated carbocycles. The SMILES string of the molecule is COc1cc2c(cc1OCc1cc(COc3cc4c(cc3C)C(=O)N3c5ccccc5C[C@H]3CC4)cc(NC(=O)NCC(C)(C)SSc3ccccn3)c1)N=C[C@@H]1Cc3ccccc3N1C2=O. The van der Waals surface area contributed by atoms with E-state index in [1.807, 2.05) is 109 Å². The van der Waals surface area contributed by atoms with Crippen LogP contribution in [0.25, 0.3) is 0 Å². The third kappa shape index (κ3) is 9.20. The predicted octanol–water partition coefficient (Wildman–Crippen LogP) is 10.7. The van der Waals surface area contributed by atoms with Crippen LogP contribution in [0.15, 0.2) is 125 Å². The van der Waals surface area contributed by atoms with Crippen molar-refractivity contribution in [1.82, 2.24) is 10.3 Å². The first-order valence-corrected chi connectivity index (χ1v) is 24.6. The van der Waals surface area contributed by atoms with E-state index in [4.69, 9.17) is 19.2 Å². The van der Waals surface area contributed by atoms with Gasteiger partial charge in [-0.3, -0.25) is 19.5 Å². The van der Waals surface area contributed by atoms with Crippen molar-refractivity contribution in [2.45, 2.75) is 81.5 Å². The molecule has 12 nitrogen and oxygen atoms in total. The van der Waals surface area contributed by atoms with Gasteiger partial charge in [0.1, 0.15) is 24.0 Å². The first-order chi connectivity index (χ1) is 32.5. The van der Waals surface area contributed by atoms with Crippen molar-refractivity contribution in [1.29, 1.82) is 0 Å². The molecule has 5 aromatic carbocycles. The topological polar surface area (TPSA) is 135 Å². The third-order valence-corrected chi connectivity index (χ3v) is 15.8. The molecule has 4 aliphatic rings. The Morgan fingerprint density at radius 2 is 1.48 bits per heavy atom. The molecule has 2 atom stereocenters. The third-order valence-electron chi connectivity index (χ3n) is 12.6. The molecule has 2 N–H and O–H groups in total. The Kier molecular flexibility index (Phi) is 12.2. The average Bonchev–Trinajstić information content (AvgIpc) is 3.83. The number of fused-ring (bicyclic) bond motifs is 8. The summed E-state index contributed by atoms with van der Waals surface area (Å²) < 4.78 is 18.5. The Hall–Kier alpha value is -6.77. The number of nitrogens with zero attached hydrogens (tertiary/aromatic N) is 4. The van der Waals surface area contributed by atoms with Gasteiger partial charge in [0.15, 0.2) is 11.5 Å². The molecule has 0 bridgehead atoms. The fourth-order valence-electron chi connectivity index (χ4n) is 9.27. The maximum Gasteiger partial charge on any atom is 0.319 e. The Labute approximate surface area is 397 Å². The summed E-state index contributed by atoms with van der Waals surface area (Å²) in [6, 6.07) is 34.7. The molecule has 4 amide bonds. The molecule has 1 aromatic heterocycles. The molecule has 0 unspecified atom stereocenters. The molecular formula is C53H50N6O6S2. The first kappa shape index (κ1) is 44.1. The number of anilines is 3. The second-order valence-electron chi connectivity index (χ2n) is 17.9. The van der Waals surface area contributed by atoms with Crippen LogP contribution in [0.5, 0.6) is 17.2 Å². The number of pyridine rings is 1. The Balaban J connectivity index is 0.881. The van der Waals surface area contributed by atoms with Crippen LogP contribution in [-0.2, 0) is 32.5 Å². The number of hydrogen-bond donors (Lipinski definition) is 2. The van der Waals surface area contributed by atoms with Crippen molar-refractivity contribution in [2.24, 2.45) is 4.99 Å². The van der Waals surface area contributed by atoms with Gasteiger partial charge in [-0.25, -0.2) is 9.78 Å². The lowest BCUT2D eigenvalue weighted by Crippen LogP contribution is -2.38. The number of para-hydroxylation sites is 2. The maximum atomic E-state index is 14.1. The number of aromatic nitrogens is 1. The number of rotatable bonds is 13. The van der Waals surface area contributed by atoms with E-state index in [0.717, 1.165) is 63.5 Å². The molecular weight excluding hydrogens is 881 g/mol. The molecule has 0 spiro atoms. The van der Waals surface area contributed by atoms with Crippen molar-refractivity contribution < 1.29 is 28.6 Å². The Morgan fingerprint density at radius 3 is 2.22 bits per heavy atom. The van der Waals surface area contributed by atoms with Gasteiger partial charge in [0.25, 0.3) is 11.8 Å². The van der Waals surface area contributed by atoms with Gasteiger partial charge in [0.05, 0.1) is 24.4 Å². The molecule has 0 fully saturated rings. The van der Waals surface area contributed by atoms with Crippen LogP contribution >= 0.6 is 21.6 Å². The normalized spacial score (nSPS) is 16.7. The van der Waals surface area contributed by atoms with Gasteiger partial charge in [0.2, 0.25) is 0 Å². The van der Waals surface area contributed by atoms with E-state index in [0.29, 0.717) is 52.7 Å². The quantitative estimate of drug-likeness (QED) is 0.109. The minimum atomic E-state index is -0.353. The van der Waals surface area contributed by atoms with Gasteiger partial charge in [-0.2, -0.15) is 0 Å². The number of nitrogens with one attached hydrogen (secondary N) is 2. The number of aryl methyl sites for hydroxylation is 2. The lowest BCUT2D eigenvalue weighted by Gasteiger charge is -2.23. The molecule has 4 aliphatic heterocycles. The second kappa shape index (κ2) is 18.5. The zero-order chi connectivity index (χ0) is 46.2. The van der Waals surface area contributed by atoms with Gasteiger partial charge >= 0.3 is 6.03 Å². The number of amides is 4. The largest absolute Gasteiger partial charge is 0.493 e. The van der Waals surface area contributed by atoms with Gasteiger partial charge in [-0.1, -0.05) is 53.3 Å². The molecule has 14 heteroatoms. The maximum absolute atomic E-state index is 14.1. The smallest absolute Gasteiger partial charge is 0.319 e. The van der Waals surface area contributed by atoms with E-state index in [9.17, 15) is 14.4 Å². The van der Waals surface area contributed by atoms with E-state index in [1.54, 1.807) is 51.9 Å². The van der Waals surface area contributed by atoms with Gasteiger partial charge in [-0.15, -0.1) is 0 Å². The van der Waals surface area contributed by atoms with Crippen LogP contribution in [0, 0.1) is 6.92 Å². The van der Waals surface area contributed by atoms with E-state index in [-0.39, 0.29) is 47.9 Å². The summed E-state index contributed by atoms with van der Waals surface area (Å²) in [5, 5.41) is 6.98. The summed E-state index contributed by atoms with van der Waals surface area (Å²) in [5.41, 5.74) is 9.81. The lowest BCUT2D eigenvalue weighted by molar-refractivity contribution is 0.0975. The molecule has 0 aliphatic carbocycles. The van der Waals surface area contributed by atoms with Crippen molar-refractivity contribution in [2.75, 3.05) is 28.8 Å². The van der Waals surface area contributed by atoms with Crippen LogP contribution in [-0.4, -0.2) is 59.5 Å². The highest BCUT2D eigenvalue weighted by molar-refractivity contribution is 8.77. The number of benzene rings is 5.